The van der Waals surface area contributed by atoms with Gasteiger partial charge in [0.2, 0.25) is 5.36 Å². The van der Waals surface area contributed by atoms with Crippen molar-refractivity contribution < 1.29 is 9.53 Å². The summed E-state index contributed by atoms with van der Waals surface area (Å²) in [5.41, 5.74) is 9.81. The molecule has 0 atom stereocenters. The van der Waals surface area contributed by atoms with Crippen LogP contribution in [0.4, 0.5) is 5.69 Å². The van der Waals surface area contributed by atoms with E-state index in [9.17, 15) is 4.79 Å². The second kappa shape index (κ2) is 11.5. The summed E-state index contributed by atoms with van der Waals surface area (Å²) in [6.45, 7) is 21.4. The standard InChI is InChI=1S/C42H50N3O2/c1-9-44-35-23-37-33(21-31(35)27(3)25-41(44,5)6)39(29-17-13-14-18-30(29)40(46)43-19-15-11-12-16-20-43)34-22-32-28(4)26-42(7,8)45(10-2)36(32)24-38(34)47-37/h13-14,17-18,21-26H,9-12,15-16,19-20H2,1-8H3/q+1. The van der Waals surface area contributed by atoms with Gasteiger partial charge in [-0.05, 0) is 95.4 Å². The average molecular weight is 629 g/mol. The van der Waals surface area contributed by atoms with Crippen molar-refractivity contribution >= 4 is 28.3 Å². The maximum atomic E-state index is 14.4. The molecule has 0 aromatic heterocycles. The Labute approximate surface area is 280 Å². The number of allylic oxidation sites excluding steroid dienone is 2. The molecule has 1 amide bonds. The first kappa shape index (κ1) is 31.5. The fourth-order valence-corrected chi connectivity index (χ4v) is 8.81. The van der Waals surface area contributed by atoms with Gasteiger partial charge in [-0.25, -0.2) is 4.58 Å². The van der Waals surface area contributed by atoms with Crippen LogP contribution in [0.25, 0.3) is 16.7 Å². The van der Waals surface area contributed by atoms with Crippen molar-refractivity contribution in [2.75, 3.05) is 31.1 Å². The molecule has 4 aliphatic heterocycles. The summed E-state index contributed by atoms with van der Waals surface area (Å²) in [5.74, 6) is 1.82. The number of benzene rings is 3. The van der Waals surface area contributed by atoms with E-state index in [1.165, 1.54) is 46.2 Å². The summed E-state index contributed by atoms with van der Waals surface area (Å²) in [6, 6.07) is 17.4. The fraction of sp³-hybridized carbons (Fsp3) is 0.429. The van der Waals surface area contributed by atoms with Gasteiger partial charge in [0.1, 0.15) is 18.0 Å². The number of hydrogen-bond acceptors (Lipinski definition) is 3. The normalized spacial score (nSPS) is 19.4. The van der Waals surface area contributed by atoms with E-state index >= 15 is 0 Å². The van der Waals surface area contributed by atoms with Crippen LogP contribution in [-0.2, 0) is 0 Å². The molecule has 4 heterocycles. The van der Waals surface area contributed by atoms with Gasteiger partial charge in [0.05, 0.1) is 11.6 Å². The van der Waals surface area contributed by atoms with Crippen LogP contribution in [0.3, 0.4) is 0 Å². The Morgan fingerprint density at radius 2 is 1.51 bits per heavy atom. The lowest BCUT2D eigenvalue weighted by molar-refractivity contribution is 0.0761. The zero-order valence-corrected chi connectivity index (χ0v) is 29.6. The molecular weight excluding hydrogens is 578 g/mol. The van der Waals surface area contributed by atoms with Gasteiger partial charge in [-0.2, -0.15) is 0 Å². The van der Waals surface area contributed by atoms with Gasteiger partial charge in [-0.3, -0.25) is 4.79 Å². The Morgan fingerprint density at radius 1 is 0.809 bits per heavy atom. The van der Waals surface area contributed by atoms with Crippen LogP contribution in [0.2, 0.25) is 0 Å². The number of fused-ring (bicyclic) bond motifs is 4. The molecule has 0 bridgehead atoms. The number of likely N-dealkylation sites (N-methyl/N-ethyl adjacent to an activating group) is 2. The highest BCUT2D eigenvalue weighted by atomic mass is 16.5. The number of anilines is 1. The Hall–Kier alpha value is -4.12. The number of nitrogens with zero attached hydrogens (tertiary/aromatic N) is 3. The summed E-state index contributed by atoms with van der Waals surface area (Å²) >= 11 is 0. The first-order chi connectivity index (χ1) is 22.4. The monoisotopic (exact) mass is 628 g/mol. The summed E-state index contributed by atoms with van der Waals surface area (Å²) in [4.78, 5) is 18.9. The minimum absolute atomic E-state index is 0.110. The van der Waals surface area contributed by atoms with E-state index in [-0.39, 0.29) is 17.0 Å². The largest absolute Gasteiger partial charge is 0.456 e. The molecule has 0 N–H and O–H groups in total. The Bertz CT molecular complexity index is 1990. The van der Waals surface area contributed by atoms with E-state index in [2.05, 4.69) is 118 Å². The topological polar surface area (TPSA) is 35.8 Å². The maximum Gasteiger partial charge on any atom is 0.254 e. The zero-order chi connectivity index (χ0) is 33.2. The molecule has 0 spiro atoms. The van der Waals surface area contributed by atoms with Crippen molar-refractivity contribution in [1.82, 2.24) is 9.48 Å². The third-order valence-electron chi connectivity index (χ3n) is 10.9. The van der Waals surface area contributed by atoms with Gasteiger partial charge >= 0.3 is 0 Å². The number of ether oxygens (including phenoxy) is 1. The highest BCUT2D eigenvalue weighted by Crippen LogP contribution is 2.46. The predicted molar refractivity (Wildman–Crippen MR) is 195 cm³/mol. The minimum Gasteiger partial charge on any atom is -0.456 e. The van der Waals surface area contributed by atoms with Gasteiger partial charge in [0, 0.05) is 78.3 Å². The fourth-order valence-electron chi connectivity index (χ4n) is 8.81. The maximum absolute atomic E-state index is 14.4. The molecule has 7 rings (SSSR count). The molecule has 47 heavy (non-hydrogen) atoms. The molecular formula is C42H50N3O2+. The van der Waals surface area contributed by atoms with E-state index in [4.69, 9.17) is 4.74 Å². The molecule has 0 saturated carbocycles. The molecule has 0 aliphatic carbocycles. The summed E-state index contributed by atoms with van der Waals surface area (Å²) in [5, 5.41) is 2.24. The molecule has 3 aromatic carbocycles. The average Bonchev–Trinajstić information content (AvgIpc) is 3.31. The second-order valence-electron chi connectivity index (χ2n) is 14.9. The minimum atomic E-state index is -0.110. The number of rotatable bonds is 4. The Balaban J connectivity index is 1.56. The molecule has 1 saturated heterocycles. The van der Waals surface area contributed by atoms with Crippen LogP contribution in [0.1, 0.15) is 114 Å². The number of amides is 1. The first-order valence-electron chi connectivity index (χ1n) is 17.7. The number of hydrogen-bond donors (Lipinski definition) is 0. The number of carbonyl (C=O) groups excluding carboxylic acids is 1. The van der Waals surface area contributed by atoms with Crippen molar-refractivity contribution in [3.05, 3.63) is 99.1 Å². The van der Waals surface area contributed by atoms with E-state index in [1.807, 2.05) is 12.1 Å². The molecule has 244 valence electrons. The van der Waals surface area contributed by atoms with Gasteiger partial charge in [0.25, 0.3) is 5.91 Å². The summed E-state index contributed by atoms with van der Waals surface area (Å²) in [6.07, 6.45) is 9.26. The molecule has 5 nitrogen and oxygen atoms in total. The van der Waals surface area contributed by atoms with Gasteiger partial charge in [-0.15, -0.1) is 0 Å². The zero-order valence-electron chi connectivity index (χ0n) is 29.6. The van der Waals surface area contributed by atoms with E-state index in [1.54, 1.807) is 0 Å². The smallest absolute Gasteiger partial charge is 0.254 e. The lowest BCUT2D eigenvalue weighted by atomic mass is 9.83. The molecule has 0 unspecified atom stereocenters. The van der Waals surface area contributed by atoms with Crippen LogP contribution in [0, 0.1) is 0 Å². The number of likely N-dealkylation sites (tertiary alicyclic amines) is 1. The van der Waals surface area contributed by atoms with Crippen LogP contribution in [0.5, 0.6) is 11.5 Å². The predicted octanol–water partition coefficient (Wildman–Crippen LogP) is 7.78. The van der Waals surface area contributed by atoms with Gasteiger partial charge < -0.3 is 14.5 Å². The van der Waals surface area contributed by atoms with E-state index in [0.29, 0.717) is 0 Å². The number of carbonyl (C=O) groups is 1. The van der Waals surface area contributed by atoms with Crippen LogP contribution >= 0.6 is 0 Å². The van der Waals surface area contributed by atoms with Gasteiger partial charge in [0.15, 0.2) is 5.54 Å². The SMILES string of the molecule is CCN1c2cc3c(cc2C(C)=CC1(C)C)C(c1ccccc1C(=O)N1CCCCCC1)=c1cc2c(cc1O3)=[N+](CC)C(C)(C)C=C2C. The lowest BCUT2D eigenvalue weighted by Crippen LogP contribution is -2.49. The Morgan fingerprint density at radius 3 is 2.21 bits per heavy atom. The van der Waals surface area contributed by atoms with Crippen molar-refractivity contribution in [1.29, 1.82) is 0 Å². The highest BCUT2D eigenvalue weighted by Gasteiger charge is 2.36. The highest BCUT2D eigenvalue weighted by molar-refractivity contribution is 6.02. The molecule has 0 radical (unpaired) electrons. The summed E-state index contributed by atoms with van der Waals surface area (Å²) in [7, 11) is 0. The molecule has 1 fully saturated rings. The van der Waals surface area contributed by atoms with Crippen molar-refractivity contribution in [2.24, 2.45) is 0 Å². The second-order valence-corrected chi connectivity index (χ2v) is 14.9. The van der Waals surface area contributed by atoms with Crippen LogP contribution in [0.15, 0.2) is 60.7 Å². The third-order valence-corrected chi connectivity index (χ3v) is 10.9. The van der Waals surface area contributed by atoms with Crippen LogP contribution < -0.4 is 24.8 Å². The van der Waals surface area contributed by atoms with Crippen molar-refractivity contribution in [2.45, 2.75) is 92.2 Å². The van der Waals surface area contributed by atoms with Crippen molar-refractivity contribution in [3.8, 4) is 11.5 Å². The third kappa shape index (κ3) is 5.14. The molecule has 3 aromatic rings. The van der Waals surface area contributed by atoms with E-state index < -0.39 is 0 Å². The lowest BCUT2D eigenvalue weighted by Gasteiger charge is -2.43. The van der Waals surface area contributed by atoms with E-state index in [0.717, 1.165) is 78.0 Å². The first-order valence-corrected chi connectivity index (χ1v) is 17.7. The quantitative estimate of drug-likeness (QED) is 0.217. The van der Waals surface area contributed by atoms with Crippen molar-refractivity contribution in [3.63, 3.8) is 0 Å². The van der Waals surface area contributed by atoms with Crippen LogP contribution in [-0.4, -0.2) is 48.1 Å². The Kier molecular flexibility index (Phi) is 7.73. The van der Waals surface area contributed by atoms with Gasteiger partial charge in [-0.1, -0.05) is 37.1 Å². The molecule has 5 heteroatoms. The summed E-state index contributed by atoms with van der Waals surface area (Å²) < 4.78 is 9.44. The molecule has 4 aliphatic rings.